The highest BCUT2D eigenvalue weighted by Gasteiger charge is 2.35. The van der Waals surface area contributed by atoms with E-state index in [1.54, 1.807) is 0 Å². The van der Waals surface area contributed by atoms with Gasteiger partial charge in [-0.3, -0.25) is 14.3 Å². The highest BCUT2D eigenvalue weighted by molar-refractivity contribution is 7.45. The Balaban J connectivity index is 0. The number of rotatable bonds is 3. The van der Waals surface area contributed by atoms with Crippen molar-refractivity contribution in [2.75, 3.05) is 6.61 Å². The molecule has 19 nitrogen and oxygen atoms in total. The van der Waals surface area contributed by atoms with Gasteiger partial charge in [-0.25, -0.2) is 18.5 Å². The molecule has 3 atom stereocenters. The number of aromatic nitrogens is 2. The van der Waals surface area contributed by atoms with Crippen molar-refractivity contribution in [3.63, 3.8) is 0 Å². The molecule has 0 aromatic carbocycles. The third-order valence-corrected chi connectivity index (χ3v) is 3.31. The first-order chi connectivity index (χ1) is 14.9. The van der Waals surface area contributed by atoms with Gasteiger partial charge >= 0.3 is 29.2 Å². The summed E-state index contributed by atoms with van der Waals surface area (Å²) in [5.41, 5.74) is -0.510. The predicted molar refractivity (Wildman–Crippen MR) is 110 cm³/mol. The van der Waals surface area contributed by atoms with Gasteiger partial charge in [0.2, 0.25) is 0 Å². The first-order valence-electron chi connectivity index (χ1n) is 8.58. The largest absolute Gasteiger partial charge is 0.466 e. The van der Waals surface area contributed by atoms with Crippen LogP contribution in [0.1, 0.15) is 38.0 Å². The minimum Gasteiger partial charge on any atom is -0.394 e. The smallest absolute Gasteiger partial charge is 0.394 e. The zero-order chi connectivity index (χ0) is 27.7. The molecular formula is C12H27N2O17P3. The second-order valence-corrected chi connectivity index (χ2v) is 9.64. The van der Waals surface area contributed by atoms with Crippen LogP contribution in [0, 0.1) is 0 Å². The van der Waals surface area contributed by atoms with Crippen molar-refractivity contribution in [1.29, 1.82) is 0 Å². The summed E-state index contributed by atoms with van der Waals surface area (Å²) in [6.45, 7) is 3.38. The second kappa shape index (κ2) is 14.4. The molecule has 12 N–H and O–H groups in total. The molecule has 34 heavy (non-hydrogen) atoms. The standard InChI is InChI=1S/C12H18N2O5.3H3O4P/c1-6(2)7-4-14(12(18)13-11(7)17)10-3-8(16)9(5-15)19-10;3*1-5(2,3)4/h4,6,8-10,15-16H,3,5H2,1-2H3,(H,13,17,18);3*(H3,1,2,3,4)/t8-,9+,10+;;;/m0.../s1. The number of hydrogen-bond acceptors (Lipinski definition) is 8. The van der Waals surface area contributed by atoms with Crippen LogP contribution in [-0.4, -0.2) is 82.6 Å². The van der Waals surface area contributed by atoms with Crippen LogP contribution >= 0.6 is 23.5 Å². The summed E-state index contributed by atoms with van der Waals surface area (Å²) in [4.78, 5) is 90.3. The zero-order valence-electron chi connectivity index (χ0n) is 17.5. The molecule has 1 fully saturated rings. The molecule has 1 aromatic rings. The monoisotopic (exact) mass is 564 g/mol. The Morgan fingerprint density at radius 1 is 0.971 bits per heavy atom. The highest BCUT2D eigenvalue weighted by atomic mass is 31.2. The van der Waals surface area contributed by atoms with Crippen LogP contribution in [0.2, 0.25) is 0 Å². The third-order valence-electron chi connectivity index (χ3n) is 3.31. The Hall–Kier alpha value is -1.11. The second-order valence-electron chi connectivity index (χ2n) is 6.56. The third kappa shape index (κ3) is 20.3. The molecule has 0 bridgehead atoms. The molecule has 0 radical (unpaired) electrons. The van der Waals surface area contributed by atoms with E-state index >= 15 is 0 Å². The minimum atomic E-state index is -4.64. The summed E-state index contributed by atoms with van der Waals surface area (Å²) < 4.78 is 33.3. The minimum absolute atomic E-state index is 0.0319. The Labute approximate surface area is 190 Å². The van der Waals surface area contributed by atoms with Crippen LogP contribution in [0.15, 0.2) is 15.8 Å². The highest BCUT2D eigenvalue weighted by Crippen LogP contribution is 2.28. The molecule has 0 saturated carbocycles. The number of aliphatic hydroxyl groups excluding tert-OH is 2. The van der Waals surface area contributed by atoms with Gasteiger partial charge in [0.25, 0.3) is 5.56 Å². The summed E-state index contributed by atoms with van der Waals surface area (Å²) >= 11 is 0. The van der Waals surface area contributed by atoms with Crippen molar-refractivity contribution in [3.8, 4) is 0 Å². The van der Waals surface area contributed by atoms with E-state index in [4.69, 9.17) is 67.6 Å². The molecule has 1 aliphatic heterocycles. The van der Waals surface area contributed by atoms with Gasteiger partial charge in [-0.15, -0.1) is 0 Å². The van der Waals surface area contributed by atoms with Crippen LogP contribution in [0.4, 0.5) is 0 Å². The number of nitrogens with zero attached hydrogens (tertiary/aromatic N) is 1. The maximum Gasteiger partial charge on any atom is 0.466 e. The fourth-order valence-electron chi connectivity index (χ4n) is 2.18. The fourth-order valence-corrected chi connectivity index (χ4v) is 2.18. The number of aromatic amines is 1. The normalized spacial score (nSPS) is 20.4. The quantitative estimate of drug-likeness (QED) is 0.158. The lowest BCUT2D eigenvalue weighted by Gasteiger charge is -2.16. The predicted octanol–water partition coefficient (Wildman–Crippen LogP) is -3.49. The van der Waals surface area contributed by atoms with Crippen molar-refractivity contribution in [3.05, 3.63) is 32.6 Å². The fraction of sp³-hybridized carbons (Fsp3) is 0.667. The Bertz CT molecular complexity index is 931. The molecule has 202 valence electrons. The molecule has 0 aliphatic carbocycles. The summed E-state index contributed by atoms with van der Waals surface area (Å²) in [7, 11) is -13.9. The summed E-state index contributed by atoms with van der Waals surface area (Å²) in [5.74, 6) is -0.0319. The van der Waals surface area contributed by atoms with Crippen LogP contribution in [0.25, 0.3) is 0 Å². The first-order valence-corrected chi connectivity index (χ1v) is 13.3. The molecule has 22 heteroatoms. The summed E-state index contributed by atoms with van der Waals surface area (Å²) in [6.07, 6.45) is -0.533. The van der Waals surface area contributed by atoms with Crippen molar-refractivity contribution >= 4 is 23.5 Å². The lowest BCUT2D eigenvalue weighted by Crippen LogP contribution is -2.34. The molecule has 2 heterocycles. The molecule has 1 aliphatic rings. The van der Waals surface area contributed by atoms with Crippen molar-refractivity contribution in [2.24, 2.45) is 0 Å². The van der Waals surface area contributed by atoms with Crippen LogP contribution in [0.5, 0.6) is 0 Å². The topological polar surface area (TPSA) is 338 Å². The van der Waals surface area contributed by atoms with Gasteiger partial charge in [0, 0.05) is 18.2 Å². The Kier molecular flexibility index (Phi) is 14.9. The number of ether oxygens (including phenoxy) is 1. The summed E-state index contributed by atoms with van der Waals surface area (Å²) in [5, 5.41) is 18.7. The average Bonchev–Trinajstić information content (AvgIpc) is 2.90. The van der Waals surface area contributed by atoms with Crippen LogP contribution in [-0.2, 0) is 18.4 Å². The van der Waals surface area contributed by atoms with E-state index in [9.17, 15) is 14.7 Å². The lowest BCUT2D eigenvalue weighted by atomic mass is 10.1. The molecule has 1 aromatic heterocycles. The number of phosphoric acid groups is 3. The molecule has 0 unspecified atom stereocenters. The molecule has 0 amide bonds. The maximum absolute atomic E-state index is 11.8. The van der Waals surface area contributed by atoms with Crippen molar-refractivity contribution in [1.82, 2.24) is 9.55 Å². The lowest BCUT2D eigenvalue weighted by molar-refractivity contribution is -0.0460. The van der Waals surface area contributed by atoms with E-state index < -0.39 is 53.2 Å². The van der Waals surface area contributed by atoms with Gasteiger partial charge in [0.15, 0.2) is 0 Å². The van der Waals surface area contributed by atoms with Gasteiger partial charge in [-0.2, -0.15) is 0 Å². The Morgan fingerprint density at radius 2 is 1.35 bits per heavy atom. The molecule has 1 saturated heterocycles. The van der Waals surface area contributed by atoms with Gasteiger partial charge in [-0.1, -0.05) is 13.8 Å². The number of H-pyrrole nitrogens is 1. The maximum atomic E-state index is 11.8. The van der Waals surface area contributed by atoms with Crippen molar-refractivity contribution in [2.45, 2.75) is 44.6 Å². The van der Waals surface area contributed by atoms with E-state index in [1.807, 2.05) is 13.8 Å². The number of nitrogens with one attached hydrogen (secondary N) is 1. The van der Waals surface area contributed by atoms with Crippen LogP contribution < -0.4 is 11.2 Å². The van der Waals surface area contributed by atoms with E-state index in [0.717, 1.165) is 0 Å². The zero-order valence-corrected chi connectivity index (χ0v) is 20.1. The summed E-state index contributed by atoms with van der Waals surface area (Å²) in [6, 6.07) is 0. The van der Waals surface area contributed by atoms with E-state index in [1.165, 1.54) is 10.8 Å². The van der Waals surface area contributed by atoms with Gasteiger partial charge in [-0.05, 0) is 5.92 Å². The van der Waals surface area contributed by atoms with E-state index in [-0.39, 0.29) is 18.9 Å². The van der Waals surface area contributed by atoms with E-state index in [2.05, 4.69) is 4.98 Å². The number of hydrogen-bond donors (Lipinski definition) is 12. The van der Waals surface area contributed by atoms with Gasteiger partial charge in [0.1, 0.15) is 12.3 Å². The molecule has 0 spiro atoms. The van der Waals surface area contributed by atoms with Gasteiger partial charge in [0.05, 0.1) is 12.7 Å². The number of aliphatic hydroxyl groups is 2. The average molecular weight is 564 g/mol. The van der Waals surface area contributed by atoms with Gasteiger partial charge < -0.3 is 59.0 Å². The van der Waals surface area contributed by atoms with Crippen LogP contribution in [0.3, 0.4) is 0 Å². The van der Waals surface area contributed by atoms with E-state index in [0.29, 0.717) is 5.56 Å². The Morgan fingerprint density at radius 3 is 1.65 bits per heavy atom. The SMILES string of the molecule is CC(C)c1cn([C@H]2C[C@H](O)[C@@H](CO)O2)c(=O)[nH]c1=O.O=P(O)(O)O.O=P(O)(O)O.O=P(O)(O)O. The molecular weight excluding hydrogens is 537 g/mol. The first kappa shape index (κ1) is 35.1. The van der Waals surface area contributed by atoms with Crippen molar-refractivity contribution < 1.29 is 72.7 Å². The molecule has 2 rings (SSSR count).